The van der Waals surface area contributed by atoms with Crippen LogP contribution < -0.4 is 5.32 Å². The Bertz CT molecular complexity index is 1100. The van der Waals surface area contributed by atoms with E-state index in [4.69, 9.17) is 13.9 Å². The van der Waals surface area contributed by atoms with E-state index >= 15 is 0 Å². The van der Waals surface area contributed by atoms with Crippen LogP contribution in [0, 0.1) is 0 Å². The average molecular weight is 423 g/mol. The van der Waals surface area contributed by atoms with Crippen molar-refractivity contribution in [2.45, 2.75) is 11.6 Å². The predicted molar refractivity (Wildman–Crippen MR) is 111 cm³/mol. The fraction of sp³-hybridized carbons (Fsp3) is 0.0952. The van der Waals surface area contributed by atoms with Gasteiger partial charge in [-0.15, -0.1) is 0 Å². The number of carboxylic acids is 1. The predicted octanol–water partition coefficient (Wildman–Crippen LogP) is 4.75. The molecule has 0 spiro atoms. The number of aromatic nitrogens is 2. The van der Waals surface area contributed by atoms with Crippen molar-refractivity contribution >= 4 is 29.3 Å². The topological polar surface area (TPSA) is 121 Å². The van der Waals surface area contributed by atoms with Gasteiger partial charge in [0.2, 0.25) is 5.91 Å². The second kappa shape index (κ2) is 8.75. The summed E-state index contributed by atoms with van der Waals surface area (Å²) in [5, 5.41) is 12.4. The number of carboxylic acid groups (broad SMARTS) is 1. The van der Waals surface area contributed by atoms with Crippen molar-refractivity contribution < 1.29 is 23.5 Å². The number of nitrogens with zero attached hydrogens (tertiary/aromatic N) is 1. The lowest BCUT2D eigenvalue weighted by Crippen LogP contribution is -2.12. The third-order valence-corrected chi connectivity index (χ3v) is 5.04. The average Bonchev–Trinajstić information content (AvgIpc) is 3.48. The minimum Gasteiger partial charge on any atom is -0.478 e. The lowest BCUT2D eigenvalue weighted by Gasteiger charge is -2.05. The van der Waals surface area contributed by atoms with Crippen LogP contribution in [0.3, 0.4) is 0 Å². The molecule has 0 aliphatic heterocycles. The van der Waals surface area contributed by atoms with Crippen molar-refractivity contribution in [1.82, 2.24) is 9.97 Å². The van der Waals surface area contributed by atoms with Gasteiger partial charge in [0, 0.05) is 17.9 Å². The highest BCUT2D eigenvalue weighted by atomic mass is 32.2. The molecule has 3 heterocycles. The van der Waals surface area contributed by atoms with Crippen LogP contribution in [0.2, 0.25) is 0 Å². The Kier molecular flexibility index (Phi) is 5.71. The molecule has 0 unspecified atom stereocenters. The molecule has 0 saturated carbocycles. The second-order valence-corrected chi connectivity index (χ2v) is 7.34. The molecule has 0 bridgehead atoms. The number of benzene rings is 1. The minimum absolute atomic E-state index is 0.119. The number of hydrogen-bond donors (Lipinski definition) is 3. The highest BCUT2D eigenvalue weighted by Gasteiger charge is 2.18. The molecule has 4 rings (SSSR count). The molecule has 9 heteroatoms. The molecule has 3 aromatic heterocycles. The molecule has 30 heavy (non-hydrogen) atoms. The maximum Gasteiger partial charge on any atom is 0.335 e. The van der Waals surface area contributed by atoms with Gasteiger partial charge in [0.25, 0.3) is 0 Å². The molecule has 0 saturated heterocycles. The number of thioether (sulfide) groups is 1. The first-order valence-electron chi connectivity index (χ1n) is 9.04. The van der Waals surface area contributed by atoms with Gasteiger partial charge in [-0.25, -0.2) is 9.78 Å². The number of rotatable bonds is 8. The summed E-state index contributed by atoms with van der Waals surface area (Å²) in [7, 11) is 0. The first-order valence-corrected chi connectivity index (χ1v) is 10.0. The maximum atomic E-state index is 12.2. The van der Waals surface area contributed by atoms with Crippen LogP contribution in [0.15, 0.2) is 75.0 Å². The number of aromatic amines is 1. The summed E-state index contributed by atoms with van der Waals surface area (Å²) in [4.78, 5) is 31.0. The molecule has 152 valence electrons. The van der Waals surface area contributed by atoms with Crippen molar-refractivity contribution in [1.29, 1.82) is 0 Å². The Morgan fingerprint density at radius 1 is 1.07 bits per heavy atom. The molecule has 0 atom stereocenters. The fourth-order valence-corrected chi connectivity index (χ4v) is 3.62. The van der Waals surface area contributed by atoms with E-state index in [2.05, 4.69) is 15.3 Å². The van der Waals surface area contributed by atoms with E-state index in [1.807, 2.05) is 12.1 Å². The number of carbonyl (C=O) groups excluding carboxylic acids is 1. The molecule has 3 N–H and O–H groups in total. The lowest BCUT2D eigenvalue weighted by atomic mass is 10.2. The zero-order valence-electron chi connectivity index (χ0n) is 15.6. The zero-order valence-corrected chi connectivity index (χ0v) is 16.4. The van der Waals surface area contributed by atoms with E-state index in [9.17, 15) is 9.59 Å². The number of furan rings is 2. The second-order valence-electron chi connectivity index (χ2n) is 6.25. The van der Waals surface area contributed by atoms with Gasteiger partial charge in [0.1, 0.15) is 11.4 Å². The van der Waals surface area contributed by atoms with Crippen molar-refractivity contribution in [3.63, 3.8) is 0 Å². The number of anilines is 1. The van der Waals surface area contributed by atoms with E-state index in [0.717, 1.165) is 0 Å². The number of H-pyrrole nitrogens is 1. The van der Waals surface area contributed by atoms with Crippen LogP contribution in [-0.2, 0) is 4.79 Å². The SMILES string of the molecule is O=C(CCSc1nc(-c2ccco2)c(-c2ccco2)[nH]1)Nc1cccc(C(=O)O)c1. The number of carbonyl (C=O) groups is 2. The van der Waals surface area contributed by atoms with Gasteiger partial charge >= 0.3 is 5.97 Å². The fourth-order valence-electron chi connectivity index (χ4n) is 2.80. The summed E-state index contributed by atoms with van der Waals surface area (Å²) in [6.45, 7) is 0. The Labute approximate surface area is 175 Å². The summed E-state index contributed by atoms with van der Waals surface area (Å²) in [6, 6.07) is 13.3. The van der Waals surface area contributed by atoms with Gasteiger partial charge < -0.3 is 24.2 Å². The van der Waals surface area contributed by atoms with E-state index in [1.165, 1.54) is 23.9 Å². The molecule has 0 aliphatic rings. The van der Waals surface area contributed by atoms with Crippen LogP contribution in [-0.4, -0.2) is 32.7 Å². The number of nitrogens with one attached hydrogen (secondary N) is 2. The normalized spacial score (nSPS) is 10.8. The molecule has 0 fully saturated rings. The number of hydrogen-bond acceptors (Lipinski definition) is 6. The molecule has 4 aromatic rings. The Morgan fingerprint density at radius 3 is 2.53 bits per heavy atom. The van der Waals surface area contributed by atoms with Gasteiger partial charge in [0.05, 0.1) is 18.1 Å². The lowest BCUT2D eigenvalue weighted by molar-refractivity contribution is -0.115. The van der Waals surface area contributed by atoms with Crippen molar-refractivity contribution in [2.75, 3.05) is 11.1 Å². The van der Waals surface area contributed by atoms with E-state index in [0.29, 0.717) is 39.5 Å². The van der Waals surface area contributed by atoms with E-state index < -0.39 is 5.97 Å². The van der Waals surface area contributed by atoms with Gasteiger partial charge in [0.15, 0.2) is 16.7 Å². The van der Waals surface area contributed by atoms with E-state index in [-0.39, 0.29) is 17.9 Å². The first-order chi connectivity index (χ1) is 14.6. The van der Waals surface area contributed by atoms with Gasteiger partial charge in [-0.05, 0) is 42.5 Å². The highest BCUT2D eigenvalue weighted by Crippen LogP contribution is 2.33. The molecular formula is C21H17N3O5S. The first kappa shape index (κ1) is 19.6. The van der Waals surface area contributed by atoms with Crippen molar-refractivity contribution in [2.24, 2.45) is 0 Å². The molecule has 8 nitrogen and oxygen atoms in total. The van der Waals surface area contributed by atoms with Crippen LogP contribution in [0.1, 0.15) is 16.8 Å². The van der Waals surface area contributed by atoms with Gasteiger partial charge in [-0.2, -0.15) is 0 Å². The number of imidazole rings is 1. The Hall–Kier alpha value is -3.72. The van der Waals surface area contributed by atoms with Crippen molar-refractivity contribution in [3.05, 3.63) is 66.6 Å². The Morgan fingerprint density at radius 2 is 1.83 bits per heavy atom. The number of amides is 1. The van der Waals surface area contributed by atoms with Crippen molar-refractivity contribution in [3.8, 4) is 22.9 Å². The smallest absolute Gasteiger partial charge is 0.335 e. The molecule has 1 amide bonds. The monoisotopic (exact) mass is 423 g/mol. The third-order valence-electron chi connectivity index (χ3n) is 4.17. The molecule has 1 aromatic carbocycles. The molecular weight excluding hydrogens is 406 g/mol. The summed E-state index contributed by atoms with van der Waals surface area (Å²) < 4.78 is 10.9. The van der Waals surface area contributed by atoms with Crippen LogP contribution in [0.4, 0.5) is 5.69 Å². The summed E-state index contributed by atoms with van der Waals surface area (Å²) in [5.41, 5.74) is 1.90. The van der Waals surface area contributed by atoms with Crippen LogP contribution in [0.5, 0.6) is 0 Å². The Balaban J connectivity index is 1.39. The summed E-state index contributed by atoms with van der Waals surface area (Å²) >= 11 is 1.39. The maximum absolute atomic E-state index is 12.2. The quantitative estimate of drug-likeness (QED) is 0.350. The molecule has 0 aliphatic carbocycles. The third kappa shape index (κ3) is 4.47. The minimum atomic E-state index is -1.04. The summed E-state index contributed by atoms with van der Waals surface area (Å²) in [6.07, 6.45) is 3.39. The van der Waals surface area contributed by atoms with Gasteiger partial charge in [-0.3, -0.25) is 4.79 Å². The number of aromatic carboxylic acids is 1. The van der Waals surface area contributed by atoms with Crippen LogP contribution >= 0.6 is 11.8 Å². The standard InChI is InChI=1S/C21H17N3O5S/c25-17(22-14-5-1-4-13(12-14)20(26)27)8-11-30-21-23-18(15-6-2-9-28-15)19(24-21)16-7-3-10-29-16/h1-7,9-10,12H,8,11H2,(H,22,25)(H,23,24)(H,26,27). The molecule has 0 radical (unpaired) electrons. The van der Waals surface area contributed by atoms with Gasteiger partial charge in [-0.1, -0.05) is 17.8 Å². The highest BCUT2D eigenvalue weighted by molar-refractivity contribution is 7.99. The summed E-state index contributed by atoms with van der Waals surface area (Å²) in [5.74, 6) is 0.471. The zero-order chi connectivity index (χ0) is 20.9. The largest absolute Gasteiger partial charge is 0.478 e. The van der Waals surface area contributed by atoms with E-state index in [1.54, 1.807) is 36.8 Å². The van der Waals surface area contributed by atoms with Crippen LogP contribution in [0.25, 0.3) is 22.9 Å².